The van der Waals surface area contributed by atoms with E-state index in [9.17, 15) is 4.39 Å². The fourth-order valence-corrected chi connectivity index (χ4v) is 1.82. The van der Waals surface area contributed by atoms with Crippen molar-refractivity contribution in [1.29, 1.82) is 0 Å². The van der Waals surface area contributed by atoms with Crippen LogP contribution in [0.2, 0.25) is 0 Å². The third-order valence-corrected chi connectivity index (χ3v) is 3.05. The highest BCUT2D eigenvalue weighted by Gasteiger charge is 2.09. The second-order valence-corrected chi connectivity index (χ2v) is 4.85. The average Bonchev–Trinajstić information content (AvgIpc) is 2.36. The smallest absolute Gasteiger partial charge is 0.166 e. The minimum Gasteiger partial charge on any atom is -0.454 e. The van der Waals surface area contributed by atoms with E-state index >= 15 is 0 Å². The molecule has 0 spiro atoms. The van der Waals surface area contributed by atoms with Crippen LogP contribution < -0.4 is 10.5 Å². The lowest BCUT2D eigenvalue weighted by Gasteiger charge is -2.12. The van der Waals surface area contributed by atoms with Crippen molar-refractivity contribution in [1.82, 2.24) is 0 Å². The highest BCUT2D eigenvalue weighted by molar-refractivity contribution is 5.41. The topological polar surface area (TPSA) is 35.2 Å². The van der Waals surface area contributed by atoms with Gasteiger partial charge >= 0.3 is 0 Å². The molecule has 3 heteroatoms. The Kier molecular flexibility index (Phi) is 3.86. The quantitative estimate of drug-likeness (QED) is 0.894. The Morgan fingerprint density at radius 3 is 2.42 bits per heavy atom. The van der Waals surface area contributed by atoms with Gasteiger partial charge in [-0.3, -0.25) is 0 Å². The Balaban J connectivity index is 2.31. The maximum absolute atomic E-state index is 13.9. The average molecular weight is 259 g/mol. The van der Waals surface area contributed by atoms with Crippen molar-refractivity contribution >= 4 is 0 Å². The molecule has 2 N–H and O–H groups in total. The molecule has 0 saturated carbocycles. The summed E-state index contributed by atoms with van der Waals surface area (Å²) < 4.78 is 19.6. The highest BCUT2D eigenvalue weighted by atomic mass is 19.1. The summed E-state index contributed by atoms with van der Waals surface area (Å²) >= 11 is 0. The fraction of sp³-hybridized carbons (Fsp3) is 0.250. The molecule has 19 heavy (non-hydrogen) atoms. The predicted molar refractivity (Wildman–Crippen MR) is 75.0 cm³/mol. The molecule has 0 amide bonds. The second kappa shape index (κ2) is 5.41. The summed E-state index contributed by atoms with van der Waals surface area (Å²) in [4.78, 5) is 0. The number of benzene rings is 2. The molecule has 2 nitrogen and oxygen atoms in total. The van der Waals surface area contributed by atoms with Gasteiger partial charge in [-0.05, 0) is 55.7 Å². The summed E-state index contributed by atoms with van der Waals surface area (Å²) in [5, 5.41) is 0. The normalized spacial score (nSPS) is 12.3. The Bertz CT molecular complexity index is 593. The number of ether oxygens (including phenoxy) is 1. The molecule has 0 unspecified atom stereocenters. The van der Waals surface area contributed by atoms with Gasteiger partial charge in [0, 0.05) is 6.04 Å². The van der Waals surface area contributed by atoms with Gasteiger partial charge in [-0.1, -0.05) is 18.2 Å². The van der Waals surface area contributed by atoms with Crippen molar-refractivity contribution in [2.45, 2.75) is 26.8 Å². The van der Waals surface area contributed by atoms with Crippen LogP contribution in [0.4, 0.5) is 4.39 Å². The maximum Gasteiger partial charge on any atom is 0.166 e. The third-order valence-electron chi connectivity index (χ3n) is 3.05. The Hall–Kier alpha value is -1.87. The SMILES string of the molecule is Cc1ccc(C)c(Oc2ccc([C@H](C)N)cc2F)c1. The molecule has 2 rings (SSSR count). The lowest BCUT2D eigenvalue weighted by Crippen LogP contribution is -2.05. The van der Waals surface area contributed by atoms with Crippen molar-refractivity contribution in [3.05, 3.63) is 58.9 Å². The minimum atomic E-state index is -0.393. The van der Waals surface area contributed by atoms with Gasteiger partial charge < -0.3 is 10.5 Å². The molecule has 0 aliphatic rings. The van der Waals surface area contributed by atoms with Gasteiger partial charge in [0.05, 0.1) is 0 Å². The molecule has 0 aliphatic heterocycles. The molecule has 100 valence electrons. The molecule has 1 atom stereocenters. The van der Waals surface area contributed by atoms with E-state index in [1.165, 1.54) is 6.07 Å². The summed E-state index contributed by atoms with van der Waals surface area (Å²) in [7, 11) is 0. The molecular weight excluding hydrogens is 241 g/mol. The van der Waals surface area contributed by atoms with E-state index in [0.717, 1.165) is 16.7 Å². The van der Waals surface area contributed by atoms with E-state index in [-0.39, 0.29) is 11.8 Å². The molecule has 0 aliphatic carbocycles. The van der Waals surface area contributed by atoms with Gasteiger partial charge in [-0.15, -0.1) is 0 Å². The van der Waals surface area contributed by atoms with Gasteiger partial charge in [0.25, 0.3) is 0 Å². The lowest BCUT2D eigenvalue weighted by atomic mass is 10.1. The summed E-state index contributed by atoms with van der Waals surface area (Å²) in [6.45, 7) is 5.73. The number of aryl methyl sites for hydroxylation is 2. The Morgan fingerprint density at radius 2 is 1.79 bits per heavy atom. The van der Waals surface area contributed by atoms with Crippen molar-refractivity contribution in [3.8, 4) is 11.5 Å². The van der Waals surface area contributed by atoms with E-state index in [2.05, 4.69) is 0 Å². The Labute approximate surface area is 113 Å². The van der Waals surface area contributed by atoms with Crippen molar-refractivity contribution < 1.29 is 9.13 Å². The van der Waals surface area contributed by atoms with Crippen molar-refractivity contribution in [2.24, 2.45) is 5.73 Å². The molecule has 0 bridgehead atoms. The predicted octanol–water partition coefficient (Wildman–Crippen LogP) is 4.25. The molecule has 2 aromatic rings. The first-order valence-electron chi connectivity index (χ1n) is 6.27. The standard InChI is InChI=1S/C16H18FNO/c1-10-4-5-11(2)16(8-10)19-15-7-6-13(12(3)18)9-14(15)17/h4-9,12H,18H2,1-3H3/t12-/m0/s1. The molecule has 0 radical (unpaired) electrons. The largest absolute Gasteiger partial charge is 0.454 e. The number of halogens is 1. The zero-order valence-electron chi connectivity index (χ0n) is 11.4. The van der Waals surface area contributed by atoms with E-state index in [4.69, 9.17) is 10.5 Å². The van der Waals surface area contributed by atoms with Crippen LogP contribution in [0.3, 0.4) is 0 Å². The van der Waals surface area contributed by atoms with Gasteiger partial charge in [0.2, 0.25) is 0 Å². The zero-order chi connectivity index (χ0) is 14.0. The summed E-state index contributed by atoms with van der Waals surface area (Å²) in [6, 6.07) is 10.5. The van der Waals surface area contributed by atoms with Crippen LogP contribution in [-0.2, 0) is 0 Å². The van der Waals surface area contributed by atoms with E-state index < -0.39 is 5.82 Å². The first-order valence-corrected chi connectivity index (χ1v) is 6.27. The Morgan fingerprint density at radius 1 is 1.05 bits per heavy atom. The van der Waals surface area contributed by atoms with Crippen LogP contribution in [0.5, 0.6) is 11.5 Å². The van der Waals surface area contributed by atoms with E-state index in [0.29, 0.717) is 5.75 Å². The maximum atomic E-state index is 13.9. The van der Waals surface area contributed by atoms with Crippen LogP contribution in [-0.4, -0.2) is 0 Å². The number of hydrogen-bond acceptors (Lipinski definition) is 2. The lowest BCUT2D eigenvalue weighted by molar-refractivity contribution is 0.438. The van der Waals surface area contributed by atoms with Crippen LogP contribution >= 0.6 is 0 Å². The molecule has 0 fully saturated rings. The number of rotatable bonds is 3. The van der Waals surface area contributed by atoms with E-state index in [1.54, 1.807) is 12.1 Å². The van der Waals surface area contributed by atoms with Crippen molar-refractivity contribution in [3.63, 3.8) is 0 Å². The van der Waals surface area contributed by atoms with Gasteiger partial charge in [-0.2, -0.15) is 0 Å². The third kappa shape index (κ3) is 3.12. The molecule has 2 aromatic carbocycles. The van der Waals surface area contributed by atoms with Crippen molar-refractivity contribution in [2.75, 3.05) is 0 Å². The number of hydrogen-bond donors (Lipinski definition) is 1. The zero-order valence-corrected chi connectivity index (χ0v) is 11.4. The highest BCUT2D eigenvalue weighted by Crippen LogP contribution is 2.29. The van der Waals surface area contributed by atoms with Crippen LogP contribution in [0.15, 0.2) is 36.4 Å². The first-order chi connectivity index (χ1) is 8.97. The molecular formula is C16H18FNO. The summed E-state index contributed by atoms with van der Waals surface area (Å²) in [6.07, 6.45) is 0. The van der Waals surface area contributed by atoms with Gasteiger partial charge in [-0.25, -0.2) is 4.39 Å². The summed E-state index contributed by atoms with van der Waals surface area (Å²) in [5.41, 5.74) is 8.53. The fourth-order valence-electron chi connectivity index (χ4n) is 1.82. The molecule has 0 heterocycles. The molecule has 0 saturated heterocycles. The van der Waals surface area contributed by atoms with Crippen LogP contribution in [0.1, 0.15) is 29.7 Å². The minimum absolute atomic E-state index is 0.191. The van der Waals surface area contributed by atoms with Gasteiger partial charge in [0.1, 0.15) is 5.75 Å². The molecule has 0 aromatic heterocycles. The van der Waals surface area contributed by atoms with Crippen LogP contribution in [0, 0.1) is 19.7 Å². The van der Waals surface area contributed by atoms with Gasteiger partial charge in [0.15, 0.2) is 11.6 Å². The van der Waals surface area contributed by atoms with E-state index in [1.807, 2.05) is 39.0 Å². The second-order valence-electron chi connectivity index (χ2n) is 4.85. The summed E-state index contributed by atoms with van der Waals surface area (Å²) in [5.74, 6) is 0.501. The number of nitrogens with two attached hydrogens (primary N) is 1. The monoisotopic (exact) mass is 259 g/mol. The van der Waals surface area contributed by atoms with Crippen LogP contribution in [0.25, 0.3) is 0 Å². The first kappa shape index (κ1) is 13.6.